The molecule has 3 rings (SSSR count). The maximum atomic E-state index is 8.79. The summed E-state index contributed by atoms with van der Waals surface area (Å²) in [6.07, 6.45) is 3.03. The lowest BCUT2D eigenvalue weighted by atomic mass is 9.72. The molecular weight excluding hydrogens is 232 g/mol. The van der Waals surface area contributed by atoms with Gasteiger partial charge in [0.15, 0.2) is 0 Å². The fraction of sp³-hybridized carbons (Fsp3) is 0.647. The third kappa shape index (κ3) is 2.11. The van der Waals surface area contributed by atoms with Crippen molar-refractivity contribution in [2.75, 3.05) is 13.1 Å². The summed E-state index contributed by atoms with van der Waals surface area (Å²) in [5.74, 6) is 0. The largest absolute Gasteiger partial charge is 0.323 e. The first-order valence-corrected chi connectivity index (χ1v) is 7.39. The monoisotopic (exact) mass is 259 g/mol. The van der Waals surface area contributed by atoms with Crippen LogP contribution >= 0.6 is 0 Å². The zero-order valence-electron chi connectivity index (χ0n) is 13.4. The second kappa shape index (κ2) is 4.32. The van der Waals surface area contributed by atoms with Crippen LogP contribution in [0.4, 0.5) is 0 Å². The van der Waals surface area contributed by atoms with Crippen LogP contribution in [0.5, 0.6) is 0 Å². The average molecular weight is 259 g/mol. The second-order valence-electron chi connectivity index (χ2n) is 7.19. The molecule has 1 saturated heterocycles. The zero-order chi connectivity index (χ0) is 14.6. The molecular formula is C17H26N2. The first-order chi connectivity index (χ1) is 9.26. The lowest BCUT2D eigenvalue weighted by molar-refractivity contribution is 0.0345. The third-order valence-corrected chi connectivity index (χ3v) is 5.08. The summed E-state index contributed by atoms with van der Waals surface area (Å²) in [6.45, 7) is 8.91. The van der Waals surface area contributed by atoms with Crippen molar-refractivity contribution in [2.45, 2.75) is 51.6 Å². The van der Waals surface area contributed by atoms with Crippen molar-refractivity contribution in [1.82, 2.24) is 4.90 Å². The molecule has 0 radical (unpaired) electrons. The smallest absolute Gasteiger partial charge is 0.0520 e. The van der Waals surface area contributed by atoms with Crippen LogP contribution in [0.15, 0.2) is 24.3 Å². The molecule has 2 N–H and O–H groups in total. The Morgan fingerprint density at radius 3 is 2.47 bits per heavy atom. The minimum Gasteiger partial charge on any atom is -0.323 e. The highest BCUT2D eigenvalue weighted by atomic mass is 15.2. The molecule has 1 aromatic rings. The lowest BCUT2D eigenvalue weighted by Crippen LogP contribution is -2.50. The molecule has 0 unspecified atom stereocenters. The molecule has 2 nitrogen and oxygen atoms in total. The second-order valence-corrected chi connectivity index (χ2v) is 7.19. The Bertz CT molecular complexity index is 508. The molecule has 0 bridgehead atoms. The van der Waals surface area contributed by atoms with Crippen LogP contribution in [0.3, 0.4) is 0 Å². The van der Waals surface area contributed by atoms with E-state index in [9.17, 15) is 0 Å². The summed E-state index contributed by atoms with van der Waals surface area (Å²) < 4.78 is 8.79. The van der Waals surface area contributed by atoms with Crippen LogP contribution in [0.25, 0.3) is 0 Å². The van der Waals surface area contributed by atoms with Gasteiger partial charge in [0.1, 0.15) is 0 Å². The maximum Gasteiger partial charge on any atom is 0.0520 e. The van der Waals surface area contributed by atoms with Gasteiger partial charge < -0.3 is 5.73 Å². The summed E-state index contributed by atoms with van der Waals surface area (Å²) in [5.41, 5.74) is 8.98. The van der Waals surface area contributed by atoms with Crippen molar-refractivity contribution in [3.8, 4) is 0 Å². The van der Waals surface area contributed by atoms with E-state index in [1.54, 1.807) is 0 Å². The molecule has 1 fully saturated rings. The lowest BCUT2D eigenvalue weighted by Gasteiger charge is -2.47. The predicted octanol–water partition coefficient (Wildman–Crippen LogP) is 3.12. The van der Waals surface area contributed by atoms with Gasteiger partial charge >= 0.3 is 0 Å². The van der Waals surface area contributed by atoms with Crippen molar-refractivity contribution < 1.29 is 1.37 Å². The van der Waals surface area contributed by atoms with Crippen LogP contribution in [0, 0.1) is 5.41 Å². The van der Waals surface area contributed by atoms with E-state index in [0.29, 0.717) is 0 Å². The summed E-state index contributed by atoms with van der Waals surface area (Å²) >= 11 is 0. The summed E-state index contributed by atoms with van der Waals surface area (Å²) in [6, 6.07) is 7.35. The van der Waals surface area contributed by atoms with E-state index in [-0.39, 0.29) is 11.0 Å². The van der Waals surface area contributed by atoms with Crippen LogP contribution in [-0.4, -0.2) is 23.5 Å². The van der Waals surface area contributed by atoms with E-state index in [1.165, 1.54) is 5.56 Å². The number of likely N-dealkylation sites (tertiary alicyclic amines) is 1. The Morgan fingerprint density at radius 2 is 1.89 bits per heavy atom. The summed E-state index contributed by atoms with van der Waals surface area (Å²) in [5, 5.41) is 0. The fourth-order valence-electron chi connectivity index (χ4n) is 3.73. The molecule has 1 aliphatic carbocycles. The van der Waals surface area contributed by atoms with Crippen molar-refractivity contribution in [2.24, 2.45) is 11.1 Å². The van der Waals surface area contributed by atoms with E-state index in [1.807, 2.05) is 12.1 Å². The van der Waals surface area contributed by atoms with Gasteiger partial charge in [-0.25, -0.2) is 0 Å². The molecule has 104 valence electrons. The predicted molar refractivity (Wildman–Crippen MR) is 80.1 cm³/mol. The third-order valence-electron chi connectivity index (χ3n) is 5.08. The van der Waals surface area contributed by atoms with Gasteiger partial charge in [0, 0.05) is 11.6 Å². The fourth-order valence-corrected chi connectivity index (χ4v) is 3.73. The molecule has 1 heterocycles. The first kappa shape index (κ1) is 11.9. The van der Waals surface area contributed by atoms with Crippen molar-refractivity contribution in [3.05, 3.63) is 35.4 Å². The zero-order valence-corrected chi connectivity index (χ0v) is 12.4. The molecule has 19 heavy (non-hydrogen) atoms. The van der Waals surface area contributed by atoms with E-state index >= 15 is 0 Å². The van der Waals surface area contributed by atoms with Gasteiger partial charge in [0.05, 0.1) is 1.37 Å². The van der Waals surface area contributed by atoms with Gasteiger partial charge in [0.2, 0.25) is 0 Å². The minimum absolute atomic E-state index is 0.0710. The molecule has 1 aromatic carbocycles. The molecule has 1 atom stereocenters. The van der Waals surface area contributed by atoms with Gasteiger partial charge in [-0.15, -0.1) is 0 Å². The Kier molecular flexibility index (Phi) is 2.71. The Morgan fingerprint density at radius 1 is 1.26 bits per heavy atom. The highest BCUT2D eigenvalue weighted by Gasteiger charge is 2.46. The maximum absolute atomic E-state index is 8.79. The number of hydrogen-bond donors (Lipinski definition) is 1. The van der Waals surface area contributed by atoms with E-state index in [0.717, 1.165) is 37.9 Å². The summed E-state index contributed by atoms with van der Waals surface area (Å²) in [4.78, 5) is 2.53. The van der Waals surface area contributed by atoms with E-state index < -0.39 is 6.02 Å². The van der Waals surface area contributed by atoms with Gasteiger partial charge in [-0.3, -0.25) is 4.90 Å². The molecule has 2 aliphatic rings. The number of nitrogens with zero attached hydrogens (tertiary/aromatic N) is 1. The number of benzene rings is 1. The van der Waals surface area contributed by atoms with Crippen molar-refractivity contribution in [1.29, 1.82) is 0 Å². The molecule has 1 spiro atoms. The summed E-state index contributed by atoms with van der Waals surface area (Å²) in [7, 11) is 0. The highest BCUT2D eigenvalue weighted by molar-refractivity contribution is 5.38. The normalized spacial score (nSPS) is 31.3. The Labute approximate surface area is 118 Å². The van der Waals surface area contributed by atoms with Crippen LogP contribution < -0.4 is 5.73 Å². The van der Waals surface area contributed by atoms with Crippen LogP contribution in [0.2, 0.25) is 0 Å². The molecule has 0 saturated carbocycles. The van der Waals surface area contributed by atoms with Crippen molar-refractivity contribution >= 4 is 0 Å². The van der Waals surface area contributed by atoms with E-state index in [2.05, 4.69) is 37.8 Å². The molecule has 1 aliphatic heterocycles. The molecule has 2 heteroatoms. The number of nitrogens with two attached hydrogens (primary N) is 1. The standard InChI is InChI=1S/C17H26N2/c1-16(2,3)19-10-8-17(9-11-19)12-13-6-4-5-7-14(13)15(17)18/h4-7,15H,8-12,18H2,1-3H3/t15-/m1/s1/i15D. The van der Waals surface area contributed by atoms with Crippen LogP contribution in [-0.2, 0) is 6.42 Å². The topological polar surface area (TPSA) is 29.3 Å². The van der Waals surface area contributed by atoms with Gasteiger partial charge in [-0.1, -0.05) is 24.3 Å². The molecule has 0 amide bonds. The number of piperidine rings is 1. The number of fused-ring (bicyclic) bond motifs is 1. The number of hydrogen-bond acceptors (Lipinski definition) is 2. The Balaban J connectivity index is 1.87. The molecule has 0 aromatic heterocycles. The minimum atomic E-state index is -0.923. The van der Waals surface area contributed by atoms with Crippen LogP contribution in [0.1, 0.15) is 52.1 Å². The highest BCUT2D eigenvalue weighted by Crippen LogP contribution is 2.51. The quantitative estimate of drug-likeness (QED) is 0.775. The van der Waals surface area contributed by atoms with Gasteiger partial charge in [0.25, 0.3) is 0 Å². The number of rotatable bonds is 0. The first-order valence-electron chi connectivity index (χ1n) is 7.89. The SMILES string of the molecule is [2H][C@@]1(N)c2ccccc2CC12CCN(C(C)(C)C)CC2. The average Bonchev–Trinajstić information content (AvgIpc) is 2.58. The van der Waals surface area contributed by atoms with Gasteiger partial charge in [-0.05, 0) is 69.7 Å². The van der Waals surface area contributed by atoms with Gasteiger partial charge in [-0.2, -0.15) is 0 Å². The van der Waals surface area contributed by atoms with Crippen molar-refractivity contribution in [3.63, 3.8) is 0 Å². The van der Waals surface area contributed by atoms with E-state index in [4.69, 9.17) is 7.10 Å². The Hall–Kier alpha value is -0.860.